The van der Waals surface area contributed by atoms with Crippen LogP contribution in [0.5, 0.6) is 0 Å². The molecular weight excluding hydrogens is 373 g/mol. The van der Waals surface area contributed by atoms with Crippen LogP contribution in [0.4, 0.5) is 14.9 Å². The maximum Gasteiger partial charge on any atom is 0.325 e. The van der Waals surface area contributed by atoms with Crippen LogP contribution in [0.25, 0.3) is 0 Å². The highest BCUT2D eigenvalue weighted by molar-refractivity contribution is 6.10. The first kappa shape index (κ1) is 20.5. The van der Waals surface area contributed by atoms with E-state index in [1.807, 2.05) is 37.3 Å². The van der Waals surface area contributed by atoms with Crippen molar-refractivity contribution >= 4 is 23.5 Å². The lowest BCUT2D eigenvalue weighted by Gasteiger charge is -2.25. The van der Waals surface area contributed by atoms with Crippen LogP contribution in [0.3, 0.4) is 0 Å². The van der Waals surface area contributed by atoms with Crippen LogP contribution < -0.4 is 10.2 Å². The first-order valence-corrected chi connectivity index (χ1v) is 9.62. The summed E-state index contributed by atoms with van der Waals surface area (Å²) in [6.45, 7) is 3.72. The number of halogens is 1. The zero-order valence-electron chi connectivity index (χ0n) is 16.5. The molecule has 0 spiro atoms. The number of nitrogens with one attached hydrogen (secondary N) is 1. The van der Waals surface area contributed by atoms with E-state index >= 15 is 0 Å². The largest absolute Gasteiger partial charge is 0.325 e. The van der Waals surface area contributed by atoms with Crippen LogP contribution in [-0.2, 0) is 15.1 Å². The molecule has 152 valence electrons. The van der Waals surface area contributed by atoms with Gasteiger partial charge in [0.2, 0.25) is 5.91 Å². The molecule has 1 unspecified atom stereocenters. The van der Waals surface area contributed by atoms with Gasteiger partial charge in [0.15, 0.2) is 0 Å². The average Bonchev–Trinajstić information content (AvgIpc) is 2.93. The molecule has 3 rings (SSSR count). The minimum Gasteiger partial charge on any atom is -0.319 e. The Bertz CT molecular complexity index is 901. The number of benzene rings is 2. The Hall–Kier alpha value is -3.22. The Morgan fingerprint density at radius 2 is 1.76 bits per heavy atom. The zero-order chi connectivity index (χ0) is 21.0. The summed E-state index contributed by atoms with van der Waals surface area (Å²) in [6, 6.07) is 13.9. The number of urea groups is 1. The molecule has 29 heavy (non-hydrogen) atoms. The monoisotopic (exact) mass is 397 g/mol. The number of imide groups is 1. The highest BCUT2D eigenvalue weighted by Crippen LogP contribution is 2.29. The lowest BCUT2D eigenvalue weighted by atomic mass is 9.92. The van der Waals surface area contributed by atoms with Gasteiger partial charge in [-0.3, -0.25) is 14.5 Å². The lowest BCUT2D eigenvalue weighted by Crippen LogP contribution is -2.45. The van der Waals surface area contributed by atoms with E-state index in [1.165, 1.54) is 24.3 Å². The molecule has 6 nitrogen and oxygen atoms in total. The second-order valence-electron chi connectivity index (χ2n) is 7.19. The molecule has 1 fully saturated rings. The van der Waals surface area contributed by atoms with Crippen molar-refractivity contribution in [1.29, 1.82) is 0 Å². The predicted molar refractivity (Wildman–Crippen MR) is 108 cm³/mol. The maximum absolute atomic E-state index is 13.2. The van der Waals surface area contributed by atoms with Crippen LogP contribution in [0.1, 0.15) is 32.3 Å². The van der Waals surface area contributed by atoms with Crippen molar-refractivity contribution in [3.05, 3.63) is 66.0 Å². The quantitative estimate of drug-likeness (QED) is 0.728. The summed E-state index contributed by atoms with van der Waals surface area (Å²) in [7, 11) is 0. The molecule has 1 aliphatic heterocycles. The second-order valence-corrected chi connectivity index (χ2v) is 7.19. The molecule has 1 atom stereocenters. The van der Waals surface area contributed by atoms with E-state index in [0.29, 0.717) is 12.1 Å². The van der Waals surface area contributed by atoms with Crippen LogP contribution >= 0.6 is 0 Å². The van der Waals surface area contributed by atoms with Gasteiger partial charge in [0.05, 0.1) is 0 Å². The number of para-hydroxylation sites is 1. The van der Waals surface area contributed by atoms with Crippen molar-refractivity contribution in [2.75, 3.05) is 18.0 Å². The standard InChI is InChI=1S/C22H24FN3O3/c1-3-4-14-25(18-8-6-5-7-9-18)19(27)15-26-20(28)22(2,24-21(26)29)16-10-12-17(23)13-11-16/h5-13H,3-4,14-15H2,1-2H3,(H,24,29). The van der Waals surface area contributed by atoms with Crippen LogP contribution in [-0.4, -0.2) is 35.8 Å². The topological polar surface area (TPSA) is 69.7 Å². The van der Waals surface area contributed by atoms with Gasteiger partial charge in [0.25, 0.3) is 5.91 Å². The summed E-state index contributed by atoms with van der Waals surface area (Å²) in [4.78, 5) is 41.0. The first-order chi connectivity index (χ1) is 13.9. The molecule has 0 bridgehead atoms. The molecule has 4 amide bonds. The van der Waals surface area contributed by atoms with Crippen LogP contribution in [0.2, 0.25) is 0 Å². The number of carbonyl (C=O) groups is 3. The summed E-state index contributed by atoms with van der Waals surface area (Å²) in [5, 5.41) is 2.64. The van der Waals surface area contributed by atoms with Crippen molar-refractivity contribution < 1.29 is 18.8 Å². The third-order valence-corrected chi connectivity index (χ3v) is 5.09. The third kappa shape index (κ3) is 4.13. The Morgan fingerprint density at radius 3 is 2.38 bits per heavy atom. The molecule has 0 aliphatic carbocycles. The normalized spacial score (nSPS) is 18.7. The zero-order valence-corrected chi connectivity index (χ0v) is 16.5. The first-order valence-electron chi connectivity index (χ1n) is 9.62. The number of carbonyl (C=O) groups excluding carboxylic acids is 3. The molecule has 2 aromatic rings. The van der Waals surface area contributed by atoms with Gasteiger partial charge in [-0.15, -0.1) is 0 Å². The van der Waals surface area contributed by atoms with Crippen LogP contribution in [0, 0.1) is 5.82 Å². The van der Waals surface area contributed by atoms with Gasteiger partial charge in [-0.1, -0.05) is 43.7 Å². The molecule has 0 radical (unpaired) electrons. The highest BCUT2D eigenvalue weighted by Gasteiger charge is 2.49. The summed E-state index contributed by atoms with van der Waals surface area (Å²) >= 11 is 0. The highest BCUT2D eigenvalue weighted by atomic mass is 19.1. The number of anilines is 1. The van der Waals surface area contributed by atoms with Crippen molar-refractivity contribution in [2.45, 2.75) is 32.2 Å². The number of amides is 4. The number of hydrogen-bond donors (Lipinski definition) is 1. The number of nitrogens with zero attached hydrogens (tertiary/aromatic N) is 2. The van der Waals surface area contributed by atoms with E-state index in [1.54, 1.807) is 11.8 Å². The fraction of sp³-hybridized carbons (Fsp3) is 0.318. The van der Waals surface area contributed by atoms with E-state index in [-0.39, 0.29) is 12.5 Å². The minimum absolute atomic E-state index is 0.337. The Balaban J connectivity index is 1.81. The van der Waals surface area contributed by atoms with E-state index in [4.69, 9.17) is 0 Å². The molecule has 2 aromatic carbocycles. The van der Waals surface area contributed by atoms with Crippen LogP contribution in [0.15, 0.2) is 54.6 Å². The smallest absolute Gasteiger partial charge is 0.319 e. The summed E-state index contributed by atoms with van der Waals surface area (Å²) < 4.78 is 13.2. The van der Waals surface area contributed by atoms with E-state index in [2.05, 4.69) is 5.32 Å². The Labute approximate surface area is 169 Å². The van der Waals surface area contributed by atoms with E-state index < -0.39 is 23.3 Å². The summed E-state index contributed by atoms with van der Waals surface area (Å²) in [5.74, 6) is -1.31. The van der Waals surface area contributed by atoms with Gasteiger partial charge in [-0.25, -0.2) is 9.18 Å². The van der Waals surface area contributed by atoms with Gasteiger partial charge in [-0.05, 0) is 43.2 Å². The van der Waals surface area contributed by atoms with Gasteiger partial charge in [0.1, 0.15) is 17.9 Å². The summed E-state index contributed by atoms with van der Waals surface area (Å²) in [5.41, 5.74) is -0.163. The number of rotatable bonds is 7. The SMILES string of the molecule is CCCCN(C(=O)CN1C(=O)NC(C)(c2ccc(F)cc2)C1=O)c1ccccc1. The molecule has 1 saturated heterocycles. The minimum atomic E-state index is -1.34. The van der Waals surface area contributed by atoms with Crippen molar-refractivity contribution in [2.24, 2.45) is 0 Å². The maximum atomic E-state index is 13.2. The third-order valence-electron chi connectivity index (χ3n) is 5.09. The molecule has 1 heterocycles. The van der Waals surface area contributed by atoms with Gasteiger partial charge >= 0.3 is 6.03 Å². The van der Waals surface area contributed by atoms with Crippen molar-refractivity contribution in [3.8, 4) is 0 Å². The lowest BCUT2D eigenvalue weighted by molar-refractivity contribution is -0.134. The molecule has 1 N–H and O–H groups in total. The molecular formula is C22H24FN3O3. The molecule has 0 aromatic heterocycles. The fourth-order valence-corrected chi connectivity index (χ4v) is 3.36. The van der Waals surface area contributed by atoms with Gasteiger partial charge in [-0.2, -0.15) is 0 Å². The second kappa shape index (κ2) is 8.43. The summed E-state index contributed by atoms with van der Waals surface area (Å²) in [6.07, 6.45) is 1.70. The molecule has 7 heteroatoms. The van der Waals surface area contributed by atoms with Gasteiger partial charge in [0, 0.05) is 12.2 Å². The van der Waals surface area contributed by atoms with Crippen molar-refractivity contribution in [1.82, 2.24) is 10.2 Å². The predicted octanol–water partition coefficient (Wildman–Crippen LogP) is 3.43. The number of hydrogen-bond acceptors (Lipinski definition) is 3. The molecule has 1 aliphatic rings. The number of unbranched alkanes of at least 4 members (excludes halogenated alkanes) is 1. The van der Waals surface area contributed by atoms with E-state index in [9.17, 15) is 18.8 Å². The van der Waals surface area contributed by atoms with Gasteiger partial charge < -0.3 is 10.2 Å². The van der Waals surface area contributed by atoms with Crippen molar-refractivity contribution in [3.63, 3.8) is 0 Å². The van der Waals surface area contributed by atoms with E-state index in [0.717, 1.165) is 23.4 Å². The Kier molecular flexibility index (Phi) is 5.96. The average molecular weight is 397 g/mol. The Morgan fingerprint density at radius 1 is 1.10 bits per heavy atom. The molecule has 0 saturated carbocycles. The fourth-order valence-electron chi connectivity index (χ4n) is 3.36.